The van der Waals surface area contributed by atoms with E-state index in [0.29, 0.717) is 0 Å². The van der Waals surface area contributed by atoms with Crippen LogP contribution in [0, 0.1) is 5.41 Å². The zero-order chi connectivity index (χ0) is 17.4. The minimum atomic E-state index is -1.76. The molecule has 0 saturated heterocycles. The zero-order valence-corrected chi connectivity index (χ0v) is 10.8. The van der Waals surface area contributed by atoms with Gasteiger partial charge >= 0.3 is 11.9 Å². The highest BCUT2D eigenvalue weighted by Crippen LogP contribution is 2.33. The molecule has 0 aromatic rings. The third kappa shape index (κ3) is 4.02. The lowest BCUT2D eigenvalue weighted by Gasteiger charge is -2.26. The Morgan fingerprint density at radius 2 is 1.94 bits per heavy atom. The maximum atomic E-state index is 12.1. The molecule has 0 aromatic heterocycles. The summed E-state index contributed by atoms with van der Waals surface area (Å²) < 4.78 is 39.2. The average Bonchev–Trinajstić information content (AvgIpc) is 2.46. The maximum absolute atomic E-state index is 12.1. The minimum absolute atomic E-state index is 0.0728. The van der Waals surface area contributed by atoms with E-state index < -0.39 is 30.3 Å². The van der Waals surface area contributed by atoms with Crippen LogP contribution in [0.2, 0.25) is 0 Å². The molecule has 0 bridgehead atoms. The number of methoxy groups -OCH3 is 2. The highest BCUT2D eigenvalue weighted by molar-refractivity contribution is 6.00. The molecule has 0 aliphatic rings. The molecule has 0 unspecified atom stereocenters. The molecular formula is C14H22O4. The fourth-order valence-electron chi connectivity index (χ4n) is 1.63. The topological polar surface area (TPSA) is 52.6 Å². The molecule has 0 aliphatic carbocycles. The number of allylic oxidation sites excluding steroid dienone is 2. The molecule has 0 N–H and O–H groups in total. The summed E-state index contributed by atoms with van der Waals surface area (Å²) in [5.41, 5.74) is -1.76. The molecule has 0 heterocycles. The average molecular weight is 258 g/mol. The SMILES string of the molecule is [2H]C([2H])=CCC(CCC([2H])([2H])CC=C)(C(=O)OC)C(=O)OC. The molecule has 0 spiro atoms. The third-order valence-electron chi connectivity index (χ3n) is 2.62. The first kappa shape index (κ1) is 10.4. The number of carbonyl (C=O) groups is 2. The molecule has 4 heteroatoms. The Kier molecular flexibility index (Phi) is 4.89. The van der Waals surface area contributed by atoms with Crippen molar-refractivity contribution in [3.8, 4) is 0 Å². The molecule has 0 aromatic carbocycles. The smallest absolute Gasteiger partial charge is 0.323 e. The van der Waals surface area contributed by atoms with Gasteiger partial charge in [0.15, 0.2) is 5.41 Å². The van der Waals surface area contributed by atoms with E-state index in [4.69, 9.17) is 5.48 Å². The Morgan fingerprint density at radius 1 is 1.33 bits per heavy atom. The molecule has 0 amide bonds. The Bertz CT molecular complexity index is 426. The van der Waals surface area contributed by atoms with Crippen molar-refractivity contribution in [1.82, 2.24) is 0 Å². The molecule has 0 aliphatic heterocycles. The van der Waals surface area contributed by atoms with Crippen molar-refractivity contribution in [1.29, 1.82) is 0 Å². The maximum Gasteiger partial charge on any atom is 0.323 e. The van der Waals surface area contributed by atoms with Gasteiger partial charge in [-0.1, -0.05) is 18.6 Å². The van der Waals surface area contributed by atoms with Gasteiger partial charge in [-0.05, 0) is 25.6 Å². The van der Waals surface area contributed by atoms with E-state index in [1.165, 1.54) is 6.08 Å². The molecule has 0 fully saturated rings. The fraction of sp³-hybridized carbons (Fsp3) is 0.571. The minimum Gasteiger partial charge on any atom is -0.468 e. The molecule has 102 valence electrons. The van der Waals surface area contributed by atoms with Crippen molar-refractivity contribution < 1.29 is 24.5 Å². The van der Waals surface area contributed by atoms with Gasteiger partial charge in [-0.3, -0.25) is 9.59 Å². The second-order valence-electron chi connectivity index (χ2n) is 3.72. The largest absolute Gasteiger partial charge is 0.468 e. The second kappa shape index (κ2) is 8.50. The lowest BCUT2D eigenvalue weighted by molar-refractivity contribution is -0.169. The summed E-state index contributed by atoms with van der Waals surface area (Å²) in [5.74, 6) is -1.74. The number of hydrogen-bond acceptors (Lipinski definition) is 4. The van der Waals surface area contributed by atoms with Gasteiger partial charge in [0.05, 0.1) is 17.0 Å². The van der Waals surface area contributed by atoms with Crippen molar-refractivity contribution in [2.24, 2.45) is 5.41 Å². The first-order valence-electron chi connectivity index (χ1n) is 7.56. The molecular weight excluding hydrogens is 232 g/mol. The van der Waals surface area contributed by atoms with Crippen molar-refractivity contribution >= 4 is 11.9 Å². The summed E-state index contributed by atoms with van der Waals surface area (Å²) in [7, 11) is 2.23. The Labute approximate surface area is 114 Å². The number of esters is 2. The van der Waals surface area contributed by atoms with Crippen LogP contribution in [-0.4, -0.2) is 26.2 Å². The van der Waals surface area contributed by atoms with Gasteiger partial charge in [-0.25, -0.2) is 0 Å². The standard InChI is InChI=1S/C14H22O4/c1-5-7-8-9-11-14(10-6-2,12(15)17-3)13(16)18-4/h5-6H,1-2,7-11H2,3-4H3/i2D2,8D2. The quantitative estimate of drug-likeness (QED) is 0.362. The van der Waals surface area contributed by atoms with E-state index in [9.17, 15) is 9.59 Å². The molecule has 0 saturated carbocycles. The fourth-order valence-corrected chi connectivity index (χ4v) is 1.63. The van der Waals surface area contributed by atoms with Crippen molar-refractivity contribution in [2.45, 2.75) is 32.1 Å². The van der Waals surface area contributed by atoms with Crippen LogP contribution in [0.4, 0.5) is 0 Å². The number of carbonyl (C=O) groups excluding carboxylic acids is 2. The normalized spacial score (nSPS) is 14.3. The summed E-state index contributed by atoms with van der Waals surface area (Å²) in [6.45, 7) is 2.92. The number of rotatable bonds is 9. The predicted octanol–water partition coefficient (Wildman–Crippen LogP) is 2.64. The van der Waals surface area contributed by atoms with Gasteiger partial charge in [0.25, 0.3) is 0 Å². The summed E-state index contributed by atoms with van der Waals surface area (Å²) in [6, 6.07) is 0. The molecule has 0 atom stereocenters. The van der Waals surface area contributed by atoms with Crippen molar-refractivity contribution in [3.63, 3.8) is 0 Å². The van der Waals surface area contributed by atoms with Gasteiger partial charge in [0, 0.05) is 2.74 Å². The molecule has 18 heavy (non-hydrogen) atoms. The van der Waals surface area contributed by atoms with Crippen LogP contribution in [0.15, 0.2) is 25.3 Å². The van der Waals surface area contributed by atoms with Crippen LogP contribution >= 0.6 is 0 Å². The number of ether oxygens (including phenoxy) is 2. The second-order valence-corrected chi connectivity index (χ2v) is 3.72. The van der Waals surface area contributed by atoms with Crippen LogP contribution in [0.5, 0.6) is 0 Å². The first-order valence-corrected chi connectivity index (χ1v) is 5.56. The van der Waals surface area contributed by atoms with E-state index in [1.54, 1.807) is 0 Å². The summed E-state index contributed by atoms with van der Waals surface area (Å²) in [5, 5.41) is 0. The molecule has 0 rings (SSSR count). The van der Waals surface area contributed by atoms with E-state index in [1.807, 2.05) is 0 Å². The van der Waals surface area contributed by atoms with Gasteiger partial charge in [-0.15, -0.1) is 13.1 Å². The van der Waals surface area contributed by atoms with Gasteiger partial charge in [0.2, 0.25) is 0 Å². The van der Waals surface area contributed by atoms with Crippen LogP contribution in [0.3, 0.4) is 0 Å². The monoisotopic (exact) mass is 258 g/mol. The van der Waals surface area contributed by atoms with Gasteiger partial charge < -0.3 is 9.47 Å². The van der Waals surface area contributed by atoms with Crippen LogP contribution in [0.1, 0.15) is 37.5 Å². The van der Waals surface area contributed by atoms with E-state index in [0.717, 1.165) is 20.3 Å². The van der Waals surface area contributed by atoms with E-state index in [-0.39, 0.29) is 25.7 Å². The van der Waals surface area contributed by atoms with Crippen LogP contribution in [0.25, 0.3) is 0 Å². The third-order valence-corrected chi connectivity index (χ3v) is 2.62. The predicted molar refractivity (Wildman–Crippen MR) is 69.9 cm³/mol. The lowest BCUT2D eigenvalue weighted by Crippen LogP contribution is -2.41. The van der Waals surface area contributed by atoms with Crippen LogP contribution < -0.4 is 0 Å². The van der Waals surface area contributed by atoms with Crippen molar-refractivity contribution in [2.75, 3.05) is 14.2 Å². The highest BCUT2D eigenvalue weighted by atomic mass is 16.5. The van der Waals surface area contributed by atoms with E-state index >= 15 is 0 Å². The number of hydrogen-bond donors (Lipinski definition) is 0. The van der Waals surface area contributed by atoms with Gasteiger partial charge in [0.1, 0.15) is 0 Å². The Balaban J connectivity index is 5.53. The highest BCUT2D eigenvalue weighted by Gasteiger charge is 2.46. The zero-order valence-electron chi connectivity index (χ0n) is 14.8. The van der Waals surface area contributed by atoms with Gasteiger partial charge in [-0.2, -0.15) is 0 Å². The van der Waals surface area contributed by atoms with Crippen molar-refractivity contribution in [3.05, 3.63) is 25.3 Å². The van der Waals surface area contributed by atoms with Crippen LogP contribution in [-0.2, 0) is 19.1 Å². The van der Waals surface area contributed by atoms with E-state index in [2.05, 4.69) is 16.1 Å². The molecule has 0 radical (unpaired) electrons. The Morgan fingerprint density at radius 3 is 2.39 bits per heavy atom. The lowest BCUT2D eigenvalue weighted by atomic mass is 9.79. The Hall–Kier alpha value is -1.58. The summed E-state index contributed by atoms with van der Waals surface area (Å²) in [6.07, 6.45) is 0.450. The summed E-state index contributed by atoms with van der Waals surface area (Å²) in [4.78, 5) is 24.2. The first-order chi connectivity index (χ1) is 10.1. The summed E-state index contributed by atoms with van der Waals surface area (Å²) >= 11 is 0. The molecule has 4 nitrogen and oxygen atoms in total.